The van der Waals surface area contributed by atoms with Gasteiger partial charge in [0.05, 0.1) is 28.0 Å². The number of halogens is 2. The van der Waals surface area contributed by atoms with Crippen LogP contribution in [0.1, 0.15) is 28.1 Å². The summed E-state index contributed by atoms with van der Waals surface area (Å²) < 4.78 is 29.5. The Kier molecular flexibility index (Phi) is 6.45. The van der Waals surface area contributed by atoms with E-state index in [1.807, 2.05) is 48.9 Å². The van der Waals surface area contributed by atoms with Crippen LogP contribution >= 0.6 is 23.2 Å². The monoisotopic (exact) mass is 437 g/mol. The van der Waals surface area contributed by atoms with Crippen LogP contribution in [-0.2, 0) is 28.9 Å². The Morgan fingerprint density at radius 2 is 1.71 bits per heavy atom. The molecule has 0 aliphatic heterocycles. The third kappa shape index (κ3) is 5.14. The molecular formula is C20H21Cl2N3O2S. The first-order chi connectivity index (χ1) is 13.2. The second kappa shape index (κ2) is 8.66. The van der Waals surface area contributed by atoms with Gasteiger partial charge in [0.2, 0.25) is 10.0 Å². The molecule has 0 unspecified atom stereocenters. The van der Waals surface area contributed by atoms with E-state index >= 15 is 0 Å². The van der Waals surface area contributed by atoms with E-state index in [1.165, 1.54) is 0 Å². The minimum atomic E-state index is -3.53. The molecule has 5 nitrogen and oxygen atoms in total. The number of nitrogens with zero attached hydrogens (tertiary/aromatic N) is 2. The number of aryl methyl sites for hydroxylation is 1. The van der Waals surface area contributed by atoms with Crippen molar-refractivity contribution < 1.29 is 8.42 Å². The van der Waals surface area contributed by atoms with Crippen molar-refractivity contribution in [3.05, 3.63) is 86.7 Å². The van der Waals surface area contributed by atoms with Crippen molar-refractivity contribution in [2.24, 2.45) is 0 Å². The molecule has 3 aromatic rings. The van der Waals surface area contributed by atoms with Gasteiger partial charge in [0.25, 0.3) is 0 Å². The second-order valence-electron chi connectivity index (χ2n) is 6.62. The molecule has 1 heterocycles. The topological polar surface area (TPSA) is 64.0 Å². The van der Waals surface area contributed by atoms with Crippen LogP contribution in [0.25, 0.3) is 0 Å². The van der Waals surface area contributed by atoms with Crippen LogP contribution in [0.5, 0.6) is 0 Å². The van der Waals surface area contributed by atoms with Crippen molar-refractivity contribution in [3.8, 4) is 0 Å². The predicted molar refractivity (Wildman–Crippen MR) is 113 cm³/mol. The fourth-order valence-corrected chi connectivity index (χ4v) is 4.39. The van der Waals surface area contributed by atoms with Gasteiger partial charge in [-0.3, -0.25) is 4.68 Å². The fourth-order valence-electron chi connectivity index (χ4n) is 2.98. The maximum absolute atomic E-state index is 12.5. The molecule has 0 amide bonds. The second-order valence-corrected chi connectivity index (χ2v) is 9.24. The average molecular weight is 438 g/mol. The third-order valence-electron chi connectivity index (χ3n) is 4.52. The highest BCUT2D eigenvalue weighted by Gasteiger charge is 2.17. The Balaban J connectivity index is 1.70. The van der Waals surface area contributed by atoms with Gasteiger partial charge in [-0.15, -0.1) is 0 Å². The molecule has 0 fully saturated rings. The number of hydrogen-bond donors (Lipinski definition) is 1. The molecule has 1 aromatic heterocycles. The van der Waals surface area contributed by atoms with Gasteiger partial charge >= 0.3 is 0 Å². The van der Waals surface area contributed by atoms with Crippen molar-refractivity contribution in [1.29, 1.82) is 0 Å². The van der Waals surface area contributed by atoms with Gasteiger partial charge in [-0.2, -0.15) is 5.10 Å². The van der Waals surface area contributed by atoms with Gasteiger partial charge in [-0.1, -0.05) is 59.6 Å². The molecule has 3 rings (SSSR count). The Morgan fingerprint density at radius 3 is 2.39 bits per heavy atom. The van der Waals surface area contributed by atoms with Crippen LogP contribution in [0.15, 0.2) is 48.5 Å². The standard InChI is InChI=1S/C20H21Cl2N3O2S/c1-14-18(15(2)25(24-14)12-16-6-4-3-5-7-16)11-23-28(26,27)13-17-8-9-19(21)20(22)10-17/h3-10,23H,11-13H2,1-2H3. The molecule has 0 aliphatic rings. The molecule has 0 spiro atoms. The Morgan fingerprint density at radius 1 is 1.00 bits per heavy atom. The van der Waals surface area contributed by atoms with Gasteiger partial charge in [0.1, 0.15) is 0 Å². The number of nitrogens with one attached hydrogen (secondary N) is 1. The summed E-state index contributed by atoms with van der Waals surface area (Å²) in [4.78, 5) is 0. The fraction of sp³-hybridized carbons (Fsp3) is 0.250. The first-order valence-corrected chi connectivity index (χ1v) is 11.1. The lowest BCUT2D eigenvalue weighted by Gasteiger charge is -2.09. The van der Waals surface area contributed by atoms with E-state index in [4.69, 9.17) is 23.2 Å². The van der Waals surface area contributed by atoms with Crippen molar-refractivity contribution in [3.63, 3.8) is 0 Å². The summed E-state index contributed by atoms with van der Waals surface area (Å²) in [7, 11) is -3.53. The van der Waals surface area contributed by atoms with E-state index in [2.05, 4.69) is 9.82 Å². The molecule has 28 heavy (non-hydrogen) atoms. The van der Waals surface area contributed by atoms with Gasteiger partial charge in [-0.05, 0) is 37.1 Å². The van der Waals surface area contributed by atoms with Crippen molar-refractivity contribution in [1.82, 2.24) is 14.5 Å². The number of rotatable bonds is 7. The molecule has 0 aliphatic carbocycles. The SMILES string of the molecule is Cc1nn(Cc2ccccc2)c(C)c1CNS(=O)(=O)Cc1ccc(Cl)c(Cl)c1. The molecule has 0 bridgehead atoms. The van der Waals surface area contributed by atoms with E-state index in [0.29, 0.717) is 22.2 Å². The van der Waals surface area contributed by atoms with Crippen LogP contribution in [0.3, 0.4) is 0 Å². The average Bonchev–Trinajstić information content (AvgIpc) is 2.90. The normalized spacial score (nSPS) is 11.7. The van der Waals surface area contributed by atoms with Gasteiger partial charge in [0.15, 0.2) is 0 Å². The van der Waals surface area contributed by atoms with Crippen molar-refractivity contribution in [2.45, 2.75) is 32.7 Å². The highest BCUT2D eigenvalue weighted by atomic mass is 35.5. The zero-order valence-corrected chi connectivity index (χ0v) is 17.9. The summed E-state index contributed by atoms with van der Waals surface area (Å²) in [6, 6.07) is 14.8. The zero-order valence-electron chi connectivity index (χ0n) is 15.6. The minimum absolute atomic E-state index is 0.167. The summed E-state index contributed by atoms with van der Waals surface area (Å²) in [5, 5.41) is 5.29. The predicted octanol–water partition coefficient (Wildman–Crippen LogP) is 4.47. The third-order valence-corrected chi connectivity index (χ3v) is 6.55. The van der Waals surface area contributed by atoms with Crippen LogP contribution < -0.4 is 4.72 Å². The lowest BCUT2D eigenvalue weighted by atomic mass is 10.2. The molecule has 148 valence electrons. The van der Waals surface area contributed by atoms with E-state index in [-0.39, 0.29) is 12.3 Å². The molecule has 8 heteroatoms. The van der Waals surface area contributed by atoms with Crippen LogP contribution in [-0.4, -0.2) is 18.2 Å². The van der Waals surface area contributed by atoms with Gasteiger partial charge in [0, 0.05) is 17.8 Å². The number of benzene rings is 2. The van der Waals surface area contributed by atoms with Crippen molar-refractivity contribution in [2.75, 3.05) is 0 Å². The van der Waals surface area contributed by atoms with Gasteiger partial charge in [-0.25, -0.2) is 13.1 Å². The number of hydrogen-bond acceptors (Lipinski definition) is 3. The smallest absolute Gasteiger partial charge is 0.216 e. The molecule has 0 atom stereocenters. The quantitative estimate of drug-likeness (QED) is 0.592. The minimum Gasteiger partial charge on any atom is -0.265 e. The van der Waals surface area contributed by atoms with E-state index in [9.17, 15) is 8.42 Å². The van der Waals surface area contributed by atoms with Crippen LogP contribution in [0.2, 0.25) is 10.0 Å². The summed E-state index contributed by atoms with van der Waals surface area (Å²) >= 11 is 11.9. The zero-order chi connectivity index (χ0) is 20.3. The van der Waals surface area contributed by atoms with E-state index < -0.39 is 10.0 Å². The lowest BCUT2D eigenvalue weighted by Crippen LogP contribution is -2.25. The largest absolute Gasteiger partial charge is 0.265 e. The van der Waals surface area contributed by atoms with E-state index in [0.717, 1.165) is 22.5 Å². The first-order valence-electron chi connectivity index (χ1n) is 8.73. The van der Waals surface area contributed by atoms with Gasteiger partial charge < -0.3 is 0 Å². The first kappa shape index (κ1) is 20.9. The molecular weight excluding hydrogens is 417 g/mol. The maximum atomic E-state index is 12.5. The Labute approximate surface area is 175 Å². The summed E-state index contributed by atoms with van der Waals surface area (Å²) in [5.74, 6) is -0.167. The Hall–Kier alpha value is -1.86. The summed E-state index contributed by atoms with van der Waals surface area (Å²) in [5.41, 5.74) is 4.35. The Bertz CT molecular complexity index is 1080. The molecule has 0 radical (unpaired) electrons. The number of sulfonamides is 1. The lowest BCUT2D eigenvalue weighted by molar-refractivity contribution is 0.580. The highest BCUT2D eigenvalue weighted by molar-refractivity contribution is 7.88. The molecule has 0 saturated carbocycles. The van der Waals surface area contributed by atoms with Crippen LogP contribution in [0.4, 0.5) is 0 Å². The van der Waals surface area contributed by atoms with E-state index in [1.54, 1.807) is 18.2 Å². The van der Waals surface area contributed by atoms with Crippen molar-refractivity contribution >= 4 is 33.2 Å². The molecule has 2 aromatic carbocycles. The number of aromatic nitrogens is 2. The maximum Gasteiger partial charge on any atom is 0.216 e. The summed E-state index contributed by atoms with van der Waals surface area (Å²) in [6.07, 6.45) is 0. The van der Waals surface area contributed by atoms with Crippen LogP contribution in [0, 0.1) is 13.8 Å². The molecule has 1 N–H and O–H groups in total. The molecule has 0 saturated heterocycles. The highest BCUT2D eigenvalue weighted by Crippen LogP contribution is 2.23. The summed E-state index contributed by atoms with van der Waals surface area (Å²) in [6.45, 7) is 4.67.